The molecule has 1 fully saturated rings. The predicted octanol–water partition coefficient (Wildman–Crippen LogP) is 4.15. The van der Waals surface area contributed by atoms with Crippen LogP contribution in [0.15, 0.2) is 45.8 Å². The van der Waals surface area contributed by atoms with Crippen molar-refractivity contribution in [2.24, 2.45) is 17.8 Å². The fraction of sp³-hybridized carbons (Fsp3) is 0.500. The molecule has 114 valence electrons. The van der Waals surface area contributed by atoms with Crippen LogP contribution in [0.4, 0.5) is 0 Å². The molecule has 21 heavy (non-hydrogen) atoms. The van der Waals surface area contributed by atoms with Crippen LogP contribution >= 0.6 is 15.9 Å². The van der Waals surface area contributed by atoms with Crippen LogP contribution in [0.1, 0.15) is 25.7 Å². The molecule has 0 N–H and O–H groups in total. The van der Waals surface area contributed by atoms with Crippen LogP contribution < -0.4 is 0 Å². The molecule has 5 heteroatoms. The molecule has 0 spiro atoms. The van der Waals surface area contributed by atoms with Crippen LogP contribution in [0.5, 0.6) is 0 Å². The Labute approximate surface area is 134 Å². The molecular weight excluding hydrogens is 352 g/mol. The molecule has 0 aromatic heterocycles. The fourth-order valence-electron chi connectivity index (χ4n) is 3.41. The largest absolute Gasteiger partial charge is 0.296 e. The lowest BCUT2D eigenvalue weighted by atomic mass is 9.90. The van der Waals surface area contributed by atoms with Crippen molar-refractivity contribution in [2.75, 3.05) is 6.61 Å². The lowest BCUT2D eigenvalue weighted by Gasteiger charge is -2.17. The Morgan fingerprint density at radius 2 is 1.90 bits per heavy atom. The van der Waals surface area contributed by atoms with Gasteiger partial charge in [-0.3, -0.25) is 4.18 Å². The van der Waals surface area contributed by atoms with Gasteiger partial charge in [-0.25, -0.2) is 0 Å². The van der Waals surface area contributed by atoms with Crippen LogP contribution in [0.3, 0.4) is 0 Å². The molecule has 2 aliphatic rings. The molecule has 3 rings (SSSR count). The van der Waals surface area contributed by atoms with Crippen molar-refractivity contribution in [1.82, 2.24) is 0 Å². The van der Waals surface area contributed by atoms with Gasteiger partial charge in [0.2, 0.25) is 0 Å². The second-order valence-corrected chi connectivity index (χ2v) is 8.44. The van der Waals surface area contributed by atoms with Gasteiger partial charge in [0.25, 0.3) is 10.1 Å². The number of halogens is 1. The quantitative estimate of drug-likeness (QED) is 0.429. The zero-order chi connectivity index (χ0) is 14.9. The van der Waals surface area contributed by atoms with Gasteiger partial charge in [0.1, 0.15) is 0 Å². The maximum absolute atomic E-state index is 12.0. The Morgan fingerprint density at radius 3 is 2.52 bits per heavy atom. The monoisotopic (exact) mass is 370 g/mol. The molecule has 3 atom stereocenters. The molecular formula is C16H19BrO3S. The second kappa shape index (κ2) is 6.23. The van der Waals surface area contributed by atoms with Gasteiger partial charge in [-0.05, 0) is 67.7 Å². The minimum Gasteiger partial charge on any atom is -0.266 e. The Morgan fingerprint density at radius 1 is 1.14 bits per heavy atom. The third-order valence-electron chi connectivity index (χ3n) is 4.48. The summed E-state index contributed by atoms with van der Waals surface area (Å²) in [6.07, 6.45) is 9.08. The van der Waals surface area contributed by atoms with Crippen molar-refractivity contribution < 1.29 is 12.6 Å². The van der Waals surface area contributed by atoms with E-state index in [1.807, 2.05) is 0 Å². The van der Waals surface area contributed by atoms with E-state index in [1.54, 1.807) is 24.3 Å². The minimum atomic E-state index is -3.62. The highest BCUT2D eigenvalue weighted by Gasteiger charge is 2.34. The van der Waals surface area contributed by atoms with Gasteiger partial charge in [-0.15, -0.1) is 0 Å². The molecule has 0 saturated heterocycles. The summed E-state index contributed by atoms with van der Waals surface area (Å²) in [6, 6.07) is 6.52. The average molecular weight is 371 g/mol. The third kappa shape index (κ3) is 3.58. The zero-order valence-electron chi connectivity index (χ0n) is 11.7. The molecule has 1 aromatic carbocycles. The molecule has 0 radical (unpaired) electrons. The van der Waals surface area contributed by atoms with Crippen molar-refractivity contribution in [3.8, 4) is 0 Å². The van der Waals surface area contributed by atoms with Crippen LogP contribution in [-0.4, -0.2) is 15.0 Å². The number of rotatable bonds is 6. The van der Waals surface area contributed by atoms with Gasteiger partial charge in [-0.1, -0.05) is 28.1 Å². The van der Waals surface area contributed by atoms with E-state index in [-0.39, 0.29) is 11.5 Å². The number of allylic oxidation sites excluding steroid dienone is 2. The van der Waals surface area contributed by atoms with Crippen molar-refractivity contribution >= 4 is 26.0 Å². The summed E-state index contributed by atoms with van der Waals surface area (Å²) >= 11 is 3.29. The standard InChI is InChI=1S/C16H19BrO3S/c17-15-5-7-16(8-6-15)21(18,19)20-9-1-2-13-10-12-3-4-14(13)11-12/h3-8,12-14H,1-2,9-11H2/t12-,13-,14+/m1/s1. The van der Waals surface area contributed by atoms with Gasteiger partial charge in [0.05, 0.1) is 11.5 Å². The molecule has 0 unspecified atom stereocenters. The maximum atomic E-state index is 12.0. The first kappa shape index (κ1) is 15.3. The Balaban J connectivity index is 1.46. The summed E-state index contributed by atoms with van der Waals surface area (Å²) in [4.78, 5) is 0.216. The highest BCUT2D eigenvalue weighted by Crippen LogP contribution is 2.45. The molecule has 1 saturated carbocycles. The van der Waals surface area contributed by atoms with Gasteiger partial charge >= 0.3 is 0 Å². The highest BCUT2D eigenvalue weighted by molar-refractivity contribution is 9.10. The topological polar surface area (TPSA) is 43.4 Å². The summed E-state index contributed by atoms with van der Waals surface area (Å²) in [7, 11) is -3.62. The first-order valence-corrected chi connectivity index (χ1v) is 9.58. The molecule has 3 nitrogen and oxygen atoms in total. The van der Waals surface area contributed by atoms with E-state index >= 15 is 0 Å². The van der Waals surface area contributed by atoms with Crippen molar-refractivity contribution in [3.05, 3.63) is 40.9 Å². The fourth-order valence-corrected chi connectivity index (χ4v) is 4.62. The minimum absolute atomic E-state index is 0.216. The Kier molecular flexibility index (Phi) is 4.52. The van der Waals surface area contributed by atoms with Crippen LogP contribution in [0.2, 0.25) is 0 Å². The first-order chi connectivity index (χ1) is 10.0. The van der Waals surface area contributed by atoms with Crippen molar-refractivity contribution in [3.63, 3.8) is 0 Å². The Bertz CT molecular complexity index is 621. The Hall–Kier alpha value is -0.650. The molecule has 2 aliphatic carbocycles. The van der Waals surface area contributed by atoms with E-state index in [2.05, 4.69) is 28.1 Å². The zero-order valence-corrected chi connectivity index (χ0v) is 14.1. The predicted molar refractivity (Wildman–Crippen MR) is 85.4 cm³/mol. The van der Waals surface area contributed by atoms with Gasteiger partial charge in [0, 0.05) is 4.47 Å². The van der Waals surface area contributed by atoms with E-state index in [4.69, 9.17) is 4.18 Å². The lowest BCUT2D eigenvalue weighted by molar-refractivity contribution is 0.286. The lowest BCUT2D eigenvalue weighted by Crippen LogP contribution is -2.11. The van der Waals surface area contributed by atoms with Crippen LogP contribution in [-0.2, 0) is 14.3 Å². The number of hydrogen-bond acceptors (Lipinski definition) is 3. The third-order valence-corrected chi connectivity index (χ3v) is 6.33. The molecule has 1 aromatic rings. The SMILES string of the molecule is O=S(=O)(OCCC[C@@H]1C[C@H]2C=C[C@H]1C2)c1ccc(Br)cc1. The number of benzene rings is 1. The number of hydrogen-bond donors (Lipinski definition) is 0. The van der Waals surface area contributed by atoms with Crippen molar-refractivity contribution in [1.29, 1.82) is 0 Å². The van der Waals surface area contributed by atoms with Crippen LogP contribution in [0.25, 0.3) is 0 Å². The van der Waals surface area contributed by atoms with E-state index in [0.717, 1.165) is 35.1 Å². The van der Waals surface area contributed by atoms with E-state index in [1.165, 1.54) is 12.8 Å². The summed E-state index contributed by atoms with van der Waals surface area (Å²) < 4.78 is 30.0. The van der Waals surface area contributed by atoms with Gasteiger partial charge in [-0.2, -0.15) is 8.42 Å². The summed E-state index contributed by atoms with van der Waals surface area (Å²) in [5, 5.41) is 0. The van der Waals surface area contributed by atoms with Gasteiger partial charge in [0.15, 0.2) is 0 Å². The molecule has 2 bridgehead atoms. The number of fused-ring (bicyclic) bond motifs is 2. The van der Waals surface area contributed by atoms with Crippen LogP contribution in [0, 0.1) is 17.8 Å². The summed E-state index contributed by atoms with van der Waals surface area (Å²) in [5.41, 5.74) is 0. The molecule has 0 heterocycles. The molecule has 0 amide bonds. The summed E-state index contributed by atoms with van der Waals surface area (Å²) in [6.45, 7) is 0.274. The summed E-state index contributed by atoms with van der Waals surface area (Å²) in [5.74, 6) is 2.21. The normalized spacial score (nSPS) is 27.4. The first-order valence-electron chi connectivity index (χ1n) is 7.38. The van der Waals surface area contributed by atoms with E-state index in [9.17, 15) is 8.42 Å². The smallest absolute Gasteiger partial charge is 0.266 e. The highest BCUT2D eigenvalue weighted by atomic mass is 79.9. The second-order valence-electron chi connectivity index (χ2n) is 5.91. The maximum Gasteiger partial charge on any atom is 0.296 e. The van der Waals surface area contributed by atoms with Gasteiger partial charge < -0.3 is 0 Å². The van der Waals surface area contributed by atoms with Crippen molar-refractivity contribution in [2.45, 2.75) is 30.6 Å². The van der Waals surface area contributed by atoms with E-state index < -0.39 is 10.1 Å². The average Bonchev–Trinajstić information content (AvgIpc) is 3.06. The molecule has 0 aliphatic heterocycles. The van der Waals surface area contributed by atoms with E-state index in [0.29, 0.717) is 0 Å².